The molecule has 1 saturated heterocycles. The number of nitrogens with zero attached hydrogens (tertiary/aromatic N) is 1. The number of amides is 4. The van der Waals surface area contributed by atoms with Crippen LogP contribution in [0.3, 0.4) is 0 Å². The molecule has 0 bridgehead atoms. The predicted molar refractivity (Wildman–Crippen MR) is 94.7 cm³/mol. The van der Waals surface area contributed by atoms with Crippen molar-refractivity contribution < 1.29 is 23.9 Å². The van der Waals surface area contributed by atoms with Gasteiger partial charge in [-0.25, -0.2) is 4.79 Å². The fourth-order valence-electron chi connectivity index (χ4n) is 2.31. The van der Waals surface area contributed by atoms with Crippen molar-refractivity contribution in [2.24, 2.45) is 0 Å². The van der Waals surface area contributed by atoms with Gasteiger partial charge in [0.15, 0.2) is 6.61 Å². The van der Waals surface area contributed by atoms with Crippen molar-refractivity contribution in [2.45, 2.75) is 32.7 Å². The number of anilines is 1. The number of urea groups is 1. The van der Waals surface area contributed by atoms with Crippen LogP contribution < -0.4 is 10.6 Å². The number of nitrogens with one attached hydrogen (secondary N) is 2. The van der Waals surface area contributed by atoms with Gasteiger partial charge < -0.3 is 15.4 Å². The quantitative estimate of drug-likeness (QED) is 0.578. The van der Waals surface area contributed by atoms with Crippen molar-refractivity contribution in [1.29, 1.82) is 0 Å². The van der Waals surface area contributed by atoms with Crippen molar-refractivity contribution in [3.8, 4) is 0 Å². The summed E-state index contributed by atoms with van der Waals surface area (Å²) in [5.74, 6) is -1.62. The average Bonchev–Trinajstić information content (AvgIpc) is 2.75. The van der Waals surface area contributed by atoms with E-state index in [0.717, 1.165) is 10.5 Å². The molecule has 0 radical (unpaired) electrons. The second kappa shape index (κ2) is 7.74. The molecule has 26 heavy (non-hydrogen) atoms. The lowest BCUT2D eigenvalue weighted by Crippen LogP contribution is -2.40. The van der Waals surface area contributed by atoms with E-state index in [-0.39, 0.29) is 13.0 Å². The Kier molecular flexibility index (Phi) is 5.86. The molecule has 1 aromatic carbocycles. The maximum Gasteiger partial charge on any atom is 0.325 e. The molecule has 0 aromatic heterocycles. The van der Waals surface area contributed by atoms with Crippen LogP contribution in [-0.4, -0.2) is 47.4 Å². The van der Waals surface area contributed by atoms with E-state index in [9.17, 15) is 19.2 Å². The number of rotatable bonds is 6. The zero-order valence-electron chi connectivity index (χ0n) is 14.7. The number of imide groups is 1. The Hall–Kier alpha value is -2.61. The first-order valence-electron chi connectivity index (χ1n) is 7.96. The van der Waals surface area contributed by atoms with Gasteiger partial charge in [-0.05, 0) is 38.5 Å². The monoisotopic (exact) mass is 381 g/mol. The average molecular weight is 382 g/mol. The van der Waals surface area contributed by atoms with E-state index in [1.165, 1.54) is 0 Å². The zero-order valence-corrected chi connectivity index (χ0v) is 15.5. The third-order valence-corrected chi connectivity index (χ3v) is 4.21. The topological polar surface area (TPSA) is 105 Å². The van der Waals surface area contributed by atoms with Gasteiger partial charge in [-0.2, -0.15) is 0 Å². The van der Waals surface area contributed by atoms with Crippen molar-refractivity contribution in [3.63, 3.8) is 0 Å². The number of esters is 1. The number of benzene rings is 1. The van der Waals surface area contributed by atoms with Gasteiger partial charge in [0, 0.05) is 17.3 Å². The molecule has 1 heterocycles. The van der Waals surface area contributed by atoms with Gasteiger partial charge in [0.05, 0.1) is 6.42 Å². The largest absolute Gasteiger partial charge is 0.456 e. The number of carbonyl (C=O) groups excluding carboxylic acids is 4. The molecule has 1 aliphatic heterocycles. The fourth-order valence-corrected chi connectivity index (χ4v) is 2.49. The number of halogens is 1. The summed E-state index contributed by atoms with van der Waals surface area (Å²) in [6.07, 6.45) is -0.196. The summed E-state index contributed by atoms with van der Waals surface area (Å²) in [6.45, 7) is 4.40. The summed E-state index contributed by atoms with van der Waals surface area (Å²) >= 11 is 5.97. The fraction of sp³-hybridized carbons (Fsp3) is 0.412. The highest BCUT2D eigenvalue weighted by atomic mass is 35.5. The summed E-state index contributed by atoms with van der Waals surface area (Å²) in [5, 5.41) is 5.58. The van der Waals surface area contributed by atoms with Crippen LogP contribution in [0.2, 0.25) is 5.02 Å². The molecule has 2 N–H and O–H groups in total. The van der Waals surface area contributed by atoms with Crippen molar-refractivity contribution in [2.75, 3.05) is 18.5 Å². The molecule has 0 spiro atoms. The van der Waals surface area contributed by atoms with Crippen molar-refractivity contribution >= 4 is 41.1 Å². The highest BCUT2D eigenvalue weighted by Gasteiger charge is 2.44. The molecular formula is C17H20ClN3O5. The molecule has 4 amide bonds. The zero-order chi connectivity index (χ0) is 19.5. The van der Waals surface area contributed by atoms with Crippen LogP contribution in [0.5, 0.6) is 0 Å². The van der Waals surface area contributed by atoms with E-state index in [4.69, 9.17) is 16.3 Å². The van der Waals surface area contributed by atoms with E-state index < -0.39 is 36.0 Å². The second-order valence-electron chi connectivity index (χ2n) is 6.43. The van der Waals surface area contributed by atoms with Gasteiger partial charge in [0.25, 0.3) is 11.8 Å². The van der Waals surface area contributed by atoms with E-state index in [2.05, 4.69) is 10.6 Å². The third kappa shape index (κ3) is 4.72. The molecule has 0 unspecified atom stereocenters. The Morgan fingerprint density at radius 2 is 2.00 bits per heavy atom. The molecule has 0 atom stereocenters. The molecule has 1 aliphatic rings. The highest BCUT2D eigenvalue weighted by molar-refractivity contribution is 6.31. The van der Waals surface area contributed by atoms with Gasteiger partial charge in [0.2, 0.25) is 0 Å². The van der Waals surface area contributed by atoms with Crippen LogP contribution in [-0.2, 0) is 19.1 Å². The van der Waals surface area contributed by atoms with Crippen LogP contribution in [0.1, 0.15) is 25.8 Å². The van der Waals surface area contributed by atoms with Crippen LogP contribution >= 0.6 is 11.6 Å². The van der Waals surface area contributed by atoms with Gasteiger partial charge in [-0.3, -0.25) is 19.3 Å². The molecule has 2 rings (SSSR count). The summed E-state index contributed by atoms with van der Waals surface area (Å²) in [6, 6.07) is 4.47. The van der Waals surface area contributed by atoms with Gasteiger partial charge in [-0.1, -0.05) is 17.7 Å². The smallest absolute Gasteiger partial charge is 0.325 e. The van der Waals surface area contributed by atoms with E-state index in [1.54, 1.807) is 32.0 Å². The summed E-state index contributed by atoms with van der Waals surface area (Å²) in [4.78, 5) is 48.2. The first-order valence-corrected chi connectivity index (χ1v) is 8.33. The van der Waals surface area contributed by atoms with Crippen molar-refractivity contribution in [1.82, 2.24) is 10.2 Å². The highest BCUT2D eigenvalue weighted by Crippen LogP contribution is 2.20. The number of aryl methyl sites for hydroxylation is 1. The molecule has 0 saturated carbocycles. The minimum Gasteiger partial charge on any atom is -0.456 e. The molecule has 1 aromatic rings. The van der Waals surface area contributed by atoms with Crippen LogP contribution in [0.25, 0.3) is 0 Å². The first kappa shape index (κ1) is 19.7. The van der Waals surface area contributed by atoms with Gasteiger partial charge in [0.1, 0.15) is 5.54 Å². The van der Waals surface area contributed by atoms with Gasteiger partial charge in [-0.15, -0.1) is 0 Å². The normalized spacial score (nSPS) is 15.6. The lowest BCUT2D eigenvalue weighted by atomic mass is 10.1. The van der Waals surface area contributed by atoms with Crippen molar-refractivity contribution in [3.05, 3.63) is 28.8 Å². The summed E-state index contributed by atoms with van der Waals surface area (Å²) < 4.78 is 4.86. The molecule has 1 fully saturated rings. The van der Waals surface area contributed by atoms with Crippen LogP contribution in [0.4, 0.5) is 10.5 Å². The predicted octanol–water partition coefficient (Wildman–Crippen LogP) is 1.85. The lowest BCUT2D eigenvalue weighted by molar-refractivity contribution is -0.147. The Bertz CT molecular complexity index is 763. The maximum atomic E-state index is 12.0. The van der Waals surface area contributed by atoms with Crippen LogP contribution in [0, 0.1) is 6.92 Å². The number of ether oxygens (including phenoxy) is 1. The number of carbonyl (C=O) groups is 4. The molecular weight excluding hydrogens is 362 g/mol. The minimum atomic E-state index is -0.990. The molecule has 0 aliphatic carbocycles. The summed E-state index contributed by atoms with van der Waals surface area (Å²) in [5.41, 5.74) is 0.374. The summed E-state index contributed by atoms with van der Waals surface area (Å²) in [7, 11) is 0. The Morgan fingerprint density at radius 1 is 1.31 bits per heavy atom. The molecule has 9 heteroatoms. The Balaban J connectivity index is 1.76. The Labute approximate surface area is 155 Å². The van der Waals surface area contributed by atoms with E-state index in [1.807, 2.05) is 6.92 Å². The maximum absolute atomic E-state index is 12.0. The lowest BCUT2D eigenvalue weighted by Gasteiger charge is -2.15. The van der Waals surface area contributed by atoms with E-state index in [0.29, 0.717) is 10.7 Å². The Morgan fingerprint density at radius 3 is 2.58 bits per heavy atom. The standard InChI is InChI=1S/C17H20ClN3O5/c1-10-4-5-11(8-12(10)18)19-13(22)9-26-14(23)6-7-21-15(24)17(2,3)20-16(21)25/h4-5,8H,6-7,9H2,1-3H3,(H,19,22)(H,20,25). The SMILES string of the molecule is Cc1ccc(NC(=O)COC(=O)CCN2C(=O)NC(C)(C)C2=O)cc1Cl. The first-order chi connectivity index (χ1) is 12.1. The third-order valence-electron chi connectivity index (χ3n) is 3.80. The molecule has 8 nitrogen and oxygen atoms in total. The second-order valence-corrected chi connectivity index (χ2v) is 6.84. The van der Waals surface area contributed by atoms with Crippen LogP contribution in [0.15, 0.2) is 18.2 Å². The molecule has 140 valence electrons. The number of hydrogen-bond donors (Lipinski definition) is 2. The minimum absolute atomic E-state index is 0.109. The number of hydrogen-bond acceptors (Lipinski definition) is 5. The van der Waals surface area contributed by atoms with Gasteiger partial charge >= 0.3 is 12.0 Å². The van der Waals surface area contributed by atoms with E-state index >= 15 is 0 Å².